The van der Waals surface area contributed by atoms with Crippen LogP contribution in [0.4, 0.5) is 0 Å². The van der Waals surface area contributed by atoms with Gasteiger partial charge >= 0.3 is 5.97 Å². The first-order valence-electron chi connectivity index (χ1n) is 6.96. The van der Waals surface area contributed by atoms with Crippen molar-refractivity contribution in [1.82, 2.24) is 20.1 Å². The minimum Gasteiger partial charge on any atom is -0.466 e. The molecule has 1 atom stereocenters. The van der Waals surface area contributed by atoms with Crippen molar-refractivity contribution in [3.05, 3.63) is 5.82 Å². The summed E-state index contributed by atoms with van der Waals surface area (Å²) in [5, 5.41) is 11.0. The second-order valence-electron chi connectivity index (χ2n) is 4.48. The van der Waals surface area contributed by atoms with E-state index in [4.69, 9.17) is 9.47 Å². The minimum absolute atomic E-state index is 0.0618. The lowest BCUT2D eigenvalue weighted by Crippen LogP contribution is -2.33. The molecule has 0 unspecified atom stereocenters. The van der Waals surface area contributed by atoms with Crippen LogP contribution in [0.1, 0.15) is 19.7 Å². The summed E-state index contributed by atoms with van der Waals surface area (Å²) in [4.78, 5) is 23.3. The lowest BCUT2D eigenvalue weighted by Gasteiger charge is -2.11. The number of nitrogens with zero attached hydrogens (tertiary/aromatic N) is 3. The van der Waals surface area contributed by atoms with Gasteiger partial charge in [0.05, 0.1) is 18.5 Å². The smallest absolute Gasteiger partial charge is 0.313 e. The van der Waals surface area contributed by atoms with Crippen LogP contribution in [0.3, 0.4) is 0 Å². The third-order valence-electron chi connectivity index (χ3n) is 2.79. The van der Waals surface area contributed by atoms with Crippen LogP contribution >= 0.6 is 11.8 Å². The molecule has 0 bridgehead atoms. The van der Waals surface area contributed by atoms with Gasteiger partial charge in [-0.15, -0.1) is 10.2 Å². The highest BCUT2D eigenvalue weighted by Gasteiger charge is 2.19. The van der Waals surface area contributed by atoms with Gasteiger partial charge in [0.25, 0.3) is 0 Å². The molecule has 22 heavy (non-hydrogen) atoms. The summed E-state index contributed by atoms with van der Waals surface area (Å²) >= 11 is 1.28. The Morgan fingerprint density at radius 3 is 2.77 bits per heavy atom. The Balaban J connectivity index is 2.57. The fraction of sp³-hybridized carbons (Fsp3) is 0.692. The normalized spacial score (nSPS) is 12.0. The number of rotatable bonds is 9. The van der Waals surface area contributed by atoms with Crippen LogP contribution in [0.15, 0.2) is 5.16 Å². The molecular weight excluding hydrogens is 308 g/mol. The van der Waals surface area contributed by atoms with Crippen molar-refractivity contribution in [2.45, 2.75) is 30.7 Å². The van der Waals surface area contributed by atoms with Gasteiger partial charge in [-0.2, -0.15) is 0 Å². The van der Waals surface area contributed by atoms with Crippen molar-refractivity contribution >= 4 is 23.6 Å². The number of carbonyl (C=O) groups excluding carboxylic acids is 2. The lowest BCUT2D eigenvalue weighted by atomic mass is 10.4. The van der Waals surface area contributed by atoms with Crippen molar-refractivity contribution < 1.29 is 19.1 Å². The molecular formula is C13H22N4O4S. The summed E-state index contributed by atoms with van der Waals surface area (Å²) in [6, 6.07) is 0. The third-order valence-corrected chi connectivity index (χ3v) is 3.92. The maximum atomic E-state index is 11.9. The van der Waals surface area contributed by atoms with E-state index in [-0.39, 0.29) is 23.5 Å². The highest BCUT2D eigenvalue weighted by molar-refractivity contribution is 8.00. The minimum atomic E-state index is -0.347. The van der Waals surface area contributed by atoms with Crippen LogP contribution in [0.2, 0.25) is 0 Å². The topological polar surface area (TPSA) is 95.3 Å². The number of nitrogens with one attached hydrogen (secondary N) is 1. The zero-order valence-electron chi connectivity index (χ0n) is 13.3. The van der Waals surface area contributed by atoms with E-state index >= 15 is 0 Å². The molecule has 0 radical (unpaired) electrons. The van der Waals surface area contributed by atoms with Crippen molar-refractivity contribution in [3.63, 3.8) is 0 Å². The Morgan fingerprint density at radius 1 is 1.41 bits per heavy atom. The summed E-state index contributed by atoms with van der Waals surface area (Å²) in [5.74, 6) is 0.0600. The molecule has 0 aliphatic heterocycles. The Hall–Kier alpha value is -1.61. The molecule has 124 valence electrons. The number of carbonyl (C=O) groups is 2. The second kappa shape index (κ2) is 9.42. The molecule has 0 saturated heterocycles. The molecule has 1 rings (SSSR count). The van der Waals surface area contributed by atoms with Crippen molar-refractivity contribution in [1.29, 1.82) is 0 Å². The lowest BCUT2D eigenvalue weighted by molar-refractivity contribution is -0.142. The van der Waals surface area contributed by atoms with Gasteiger partial charge in [0, 0.05) is 20.7 Å². The molecule has 0 aromatic carbocycles. The van der Waals surface area contributed by atoms with E-state index in [2.05, 4.69) is 15.5 Å². The first-order valence-corrected chi connectivity index (χ1v) is 7.84. The number of esters is 1. The number of aromatic nitrogens is 3. The highest BCUT2D eigenvalue weighted by atomic mass is 32.2. The van der Waals surface area contributed by atoms with Crippen LogP contribution in [0.25, 0.3) is 0 Å². The number of amides is 1. The van der Waals surface area contributed by atoms with E-state index in [1.54, 1.807) is 32.6 Å². The van der Waals surface area contributed by atoms with Gasteiger partial charge in [0.1, 0.15) is 12.2 Å². The molecule has 8 nitrogen and oxygen atoms in total. The van der Waals surface area contributed by atoms with Crippen LogP contribution in [-0.2, 0) is 32.5 Å². The van der Waals surface area contributed by atoms with Gasteiger partial charge in [-0.1, -0.05) is 11.8 Å². The summed E-state index contributed by atoms with van der Waals surface area (Å²) < 4.78 is 11.5. The average molecular weight is 330 g/mol. The number of thioether (sulfide) groups is 1. The molecule has 0 fully saturated rings. The Labute approximate surface area is 133 Å². The van der Waals surface area contributed by atoms with E-state index in [1.807, 2.05) is 0 Å². The summed E-state index contributed by atoms with van der Waals surface area (Å²) in [6.45, 7) is 4.80. The second-order valence-corrected chi connectivity index (χ2v) is 5.79. The molecule has 9 heteroatoms. The Morgan fingerprint density at radius 2 is 2.14 bits per heavy atom. The summed E-state index contributed by atoms with van der Waals surface area (Å²) in [5.41, 5.74) is 0. The molecule has 1 heterocycles. The van der Waals surface area contributed by atoms with Crippen molar-refractivity contribution in [2.75, 3.05) is 26.9 Å². The summed E-state index contributed by atoms with van der Waals surface area (Å²) in [7, 11) is 3.33. The maximum Gasteiger partial charge on any atom is 0.313 e. The number of methoxy groups -OCH3 is 1. The third kappa shape index (κ3) is 5.64. The average Bonchev–Trinajstić information content (AvgIpc) is 2.80. The fourth-order valence-electron chi connectivity index (χ4n) is 1.57. The highest BCUT2D eigenvalue weighted by Crippen LogP contribution is 2.21. The van der Waals surface area contributed by atoms with E-state index in [1.165, 1.54) is 11.8 Å². The standard InChI is InChI=1S/C13H22N4O4S/c1-5-21-11(18)8-10-15-16-13(17(10)3)22-9(2)12(19)14-6-7-20-4/h9H,5-8H2,1-4H3,(H,14,19)/t9-/m0/s1. The molecule has 1 aromatic rings. The van der Waals surface area contributed by atoms with Crippen molar-refractivity contribution in [3.8, 4) is 0 Å². The Kier molecular flexibility index (Phi) is 7.89. The summed E-state index contributed by atoms with van der Waals surface area (Å²) in [6.07, 6.45) is 0.0618. The first-order chi connectivity index (χ1) is 10.5. The molecule has 1 amide bonds. The predicted molar refractivity (Wildman–Crippen MR) is 81.5 cm³/mol. The molecule has 0 saturated carbocycles. The zero-order chi connectivity index (χ0) is 16.5. The number of ether oxygens (including phenoxy) is 2. The zero-order valence-corrected chi connectivity index (χ0v) is 14.1. The van der Waals surface area contributed by atoms with Gasteiger partial charge in [-0.25, -0.2) is 0 Å². The van der Waals surface area contributed by atoms with Gasteiger partial charge in [0.2, 0.25) is 5.91 Å². The Bertz CT molecular complexity index is 506. The van der Waals surface area contributed by atoms with E-state index in [9.17, 15) is 9.59 Å². The first kappa shape index (κ1) is 18.4. The SMILES string of the molecule is CCOC(=O)Cc1nnc(S[C@@H](C)C(=O)NCCOC)n1C. The quantitative estimate of drug-likeness (QED) is 0.391. The van der Waals surface area contributed by atoms with Crippen LogP contribution in [-0.4, -0.2) is 58.8 Å². The van der Waals surface area contributed by atoms with E-state index < -0.39 is 0 Å². The van der Waals surface area contributed by atoms with Crippen LogP contribution < -0.4 is 5.32 Å². The van der Waals surface area contributed by atoms with Gasteiger partial charge in [-0.3, -0.25) is 9.59 Å². The monoisotopic (exact) mass is 330 g/mol. The molecule has 1 aromatic heterocycles. The number of hydrogen-bond acceptors (Lipinski definition) is 7. The van der Waals surface area contributed by atoms with Gasteiger partial charge in [0.15, 0.2) is 5.16 Å². The maximum absolute atomic E-state index is 11.9. The molecule has 0 aliphatic carbocycles. The van der Waals surface area contributed by atoms with Crippen LogP contribution in [0, 0.1) is 0 Å². The molecule has 0 spiro atoms. The molecule has 1 N–H and O–H groups in total. The largest absolute Gasteiger partial charge is 0.466 e. The van der Waals surface area contributed by atoms with E-state index in [0.717, 1.165) is 0 Å². The molecule has 0 aliphatic rings. The van der Waals surface area contributed by atoms with Crippen LogP contribution in [0.5, 0.6) is 0 Å². The van der Waals surface area contributed by atoms with Gasteiger partial charge in [-0.05, 0) is 13.8 Å². The van der Waals surface area contributed by atoms with Crippen molar-refractivity contribution in [2.24, 2.45) is 7.05 Å². The van der Waals surface area contributed by atoms with E-state index in [0.29, 0.717) is 30.7 Å². The fourth-order valence-corrected chi connectivity index (χ4v) is 2.43. The van der Waals surface area contributed by atoms with Gasteiger partial charge < -0.3 is 19.4 Å². The number of hydrogen-bond donors (Lipinski definition) is 1. The predicted octanol–water partition coefficient (Wildman–Crippen LogP) is 0.164.